The van der Waals surface area contributed by atoms with Crippen LogP contribution in [0.3, 0.4) is 0 Å². The molecule has 3 nitrogen and oxygen atoms in total. The van der Waals surface area contributed by atoms with Crippen molar-refractivity contribution in [2.24, 2.45) is 0 Å². The zero-order valence-corrected chi connectivity index (χ0v) is 17.9. The van der Waals surface area contributed by atoms with Crippen molar-refractivity contribution in [1.82, 2.24) is 4.90 Å². The number of anilines is 1. The molecular formula is C23H33AlClLiN2OS. The molecule has 7 heteroatoms. The summed E-state index contributed by atoms with van der Waals surface area (Å²) in [6.07, 6.45) is 2.96. The summed E-state index contributed by atoms with van der Waals surface area (Å²) in [6.45, 7) is 5.86. The molecular weight excluding hydrogens is 422 g/mol. The number of halogens is 1. The number of aliphatic hydroxyl groups excluding tert-OH is 1. The van der Waals surface area contributed by atoms with Crippen LogP contribution in [-0.2, 0) is 12.8 Å². The van der Waals surface area contributed by atoms with Crippen molar-refractivity contribution < 1.29 is 5.11 Å². The molecule has 4 rings (SSSR count). The van der Waals surface area contributed by atoms with Crippen molar-refractivity contribution in [2.75, 3.05) is 44.2 Å². The normalized spacial score (nSPS) is 14.0. The number of hydrogen-bond acceptors (Lipinski definition) is 4. The van der Waals surface area contributed by atoms with Gasteiger partial charge in [0, 0.05) is 60.0 Å². The number of piperazine rings is 1. The molecule has 1 N–H and O–H groups in total. The Balaban J connectivity index is 0.00000150. The molecule has 0 bridgehead atoms. The molecule has 1 fully saturated rings. The van der Waals surface area contributed by atoms with Gasteiger partial charge in [-0.15, -0.1) is 23.7 Å². The number of nitrogens with zero attached hydrogens (tertiary/aromatic N) is 2. The first-order valence-electron chi connectivity index (χ1n) is 9.97. The van der Waals surface area contributed by atoms with Crippen LogP contribution in [0.25, 0.3) is 10.1 Å². The van der Waals surface area contributed by atoms with Gasteiger partial charge in [-0.05, 0) is 43.0 Å². The van der Waals surface area contributed by atoms with E-state index in [2.05, 4.69) is 64.4 Å². The quantitative estimate of drug-likeness (QED) is 0.556. The summed E-state index contributed by atoms with van der Waals surface area (Å²) >= 11 is 1.87. The molecule has 2 aromatic carbocycles. The van der Waals surface area contributed by atoms with E-state index >= 15 is 0 Å². The SMILES string of the molecule is Cl.OCCCc1cc2c(N3CCN(CCc4ccccc4)CC3)cccc2s1.[AlH3].[LiH]. The van der Waals surface area contributed by atoms with Crippen LogP contribution in [0.15, 0.2) is 54.6 Å². The Morgan fingerprint density at radius 1 is 0.900 bits per heavy atom. The number of hydrogen-bond donors (Lipinski definition) is 1. The van der Waals surface area contributed by atoms with Gasteiger partial charge in [-0.3, -0.25) is 4.90 Å². The Labute approximate surface area is 213 Å². The van der Waals surface area contributed by atoms with Gasteiger partial charge in [-0.1, -0.05) is 36.4 Å². The number of rotatable bonds is 7. The maximum atomic E-state index is 9.09. The minimum absolute atomic E-state index is 0. The van der Waals surface area contributed by atoms with Crippen LogP contribution in [-0.4, -0.2) is 85.6 Å². The Hall–Kier alpha value is -0.460. The van der Waals surface area contributed by atoms with Crippen molar-refractivity contribution in [3.8, 4) is 0 Å². The van der Waals surface area contributed by atoms with Crippen LogP contribution in [0.1, 0.15) is 16.9 Å². The standard InChI is InChI=1S/C23H28N2OS.Al.ClH.Li.4H/c26-17-5-8-20-18-21-22(9-4-10-23(21)27-20)25-15-13-24(14-16-25)12-11-19-6-2-1-3-7-19;;;;;;;/h1-4,6-7,9-10,18,26H,5,8,11-17H2;;1H;;;;;. The van der Waals surface area contributed by atoms with E-state index in [1.54, 1.807) is 0 Å². The van der Waals surface area contributed by atoms with Gasteiger partial charge in [0.15, 0.2) is 17.4 Å². The fourth-order valence-corrected chi connectivity index (χ4v) is 5.02. The van der Waals surface area contributed by atoms with Crippen molar-refractivity contribution in [1.29, 1.82) is 0 Å². The summed E-state index contributed by atoms with van der Waals surface area (Å²) in [4.78, 5) is 6.52. The van der Waals surface area contributed by atoms with Gasteiger partial charge >= 0.3 is 18.9 Å². The van der Waals surface area contributed by atoms with E-state index in [0.717, 1.165) is 52.0 Å². The first-order valence-corrected chi connectivity index (χ1v) is 10.8. The second-order valence-electron chi connectivity index (χ2n) is 7.29. The first-order chi connectivity index (χ1) is 13.3. The topological polar surface area (TPSA) is 26.7 Å². The van der Waals surface area contributed by atoms with Crippen molar-refractivity contribution >= 4 is 75.7 Å². The average molecular weight is 455 g/mol. The van der Waals surface area contributed by atoms with Crippen LogP contribution >= 0.6 is 23.7 Å². The van der Waals surface area contributed by atoms with Gasteiger partial charge in [-0.25, -0.2) is 0 Å². The van der Waals surface area contributed by atoms with Crippen LogP contribution in [0, 0.1) is 0 Å². The molecule has 0 amide bonds. The monoisotopic (exact) mass is 454 g/mol. The van der Waals surface area contributed by atoms with Gasteiger partial charge in [0.25, 0.3) is 0 Å². The summed E-state index contributed by atoms with van der Waals surface area (Å²) in [7, 11) is 0. The second-order valence-corrected chi connectivity index (χ2v) is 8.46. The van der Waals surface area contributed by atoms with Gasteiger partial charge < -0.3 is 10.0 Å². The molecule has 1 saturated heterocycles. The zero-order chi connectivity index (χ0) is 18.5. The van der Waals surface area contributed by atoms with E-state index in [-0.39, 0.29) is 55.2 Å². The van der Waals surface area contributed by atoms with E-state index in [1.165, 1.54) is 26.2 Å². The molecule has 0 unspecified atom stereocenters. The Bertz CT molecular complexity index is 872. The van der Waals surface area contributed by atoms with E-state index in [0.29, 0.717) is 0 Å². The minimum atomic E-state index is 0. The van der Waals surface area contributed by atoms with Gasteiger partial charge in [-0.2, -0.15) is 0 Å². The van der Waals surface area contributed by atoms with Gasteiger partial charge in [0.2, 0.25) is 0 Å². The fourth-order valence-electron chi connectivity index (χ4n) is 3.89. The Morgan fingerprint density at radius 3 is 2.33 bits per heavy atom. The third kappa shape index (κ3) is 7.03. The van der Waals surface area contributed by atoms with Crippen molar-refractivity contribution in [3.63, 3.8) is 0 Å². The molecule has 1 aliphatic rings. The average Bonchev–Trinajstić information content (AvgIpc) is 3.15. The van der Waals surface area contributed by atoms with Crippen molar-refractivity contribution in [2.45, 2.75) is 19.3 Å². The first kappa shape index (κ1) is 27.6. The van der Waals surface area contributed by atoms with Crippen molar-refractivity contribution in [3.05, 3.63) is 65.0 Å². The molecule has 0 aliphatic carbocycles. The molecule has 2 heterocycles. The molecule has 0 spiro atoms. The third-order valence-electron chi connectivity index (χ3n) is 5.44. The number of aliphatic hydroxyl groups is 1. The Morgan fingerprint density at radius 2 is 1.63 bits per heavy atom. The summed E-state index contributed by atoms with van der Waals surface area (Å²) in [6, 6.07) is 19.8. The second kappa shape index (κ2) is 13.8. The van der Waals surface area contributed by atoms with Crippen LogP contribution in [0.5, 0.6) is 0 Å². The molecule has 0 saturated carbocycles. The van der Waals surface area contributed by atoms with Crippen LogP contribution < -0.4 is 4.90 Å². The van der Waals surface area contributed by atoms with E-state index in [4.69, 9.17) is 5.11 Å². The Kier molecular flexibility index (Phi) is 12.7. The summed E-state index contributed by atoms with van der Waals surface area (Å²) in [5.41, 5.74) is 2.81. The third-order valence-corrected chi connectivity index (χ3v) is 6.60. The number of benzene rings is 2. The zero-order valence-electron chi connectivity index (χ0n) is 16.2. The predicted molar refractivity (Wildman–Crippen MR) is 140 cm³/mol. The molecule has 0 atom stereocenters. The van der Waals surface area contributed by atoms with Crippen LogP contribution in [0.2, 0.25) is 0 Å². The maximum absolute atomic E-state index is 9.09. The molecule has 158 valence electrons. The molecule has 30 heavy (non-hydrogen) atoms. The summed E-state index contributed by atoms with van der Waals surface area (Å²) < 4.78 is 1.37. The summed E-state index contributed by atoms with van der Waals surface area (Å²) in [5.74, 6) is 0. The van der Waals surface area contributed by atoms with E-state index in [9.17, 15) is 0 Å². The molecule has 0 radical (unpaired) electrons. The number of thiophene rings is 1. The molecule has 1 aliphatic heterocycles. The van der Waals surface area contributed by atoms with E-state index < -0.39 is 0 Å². The predicted octanol–water partition coefficient (Wildman–Crippen LogP) is 2.78. The fraction of sp³-hybridized carbons (Fsp3) is 0.391. The van der Waals surface area contributed by atoms with E-state index in [1.807, 2.05) is 11.3 Å². The van der Waals surface area contributed by atoms with Gasteiger partial charge in [0.05, 0.1) is 0 Å². The molecule has 3 aromatic rings. The number of aryl methyl sites for hydroxylation is 1. The number of fused-ring (bicyclic) bond motifs is 1. The molecule has 1 aromatic heterocycles. The van der Waals surface area contributed by atoms with Gasteiger partial charge in [0.1, 0.15) is 0 Å². The summed E-state index contributed by atoms with van der Waals surface area (Å²) in [5, 5.41) is 10.5. The van der Waals surface area contributed by atoms with Crippen LogP contribution in [0.4, 0.5) is 5.69 Å².